The SMILES string of the molecule is Cl.Cl.Cl.O=C(O)c1cc2cccccc-2c1. The number of halogens is 3. The summed E-state index contributed by atoms with van der Waals surface area (Å²) in [5.41, 5.74) is 2.27. The molecule has 0 atom stereocenters. The number of carboxylic acids is 1. The Kier molecular flexibility index (Phi) is 7.99. The summed E-state index contributed by atoms with van der Waals surface area (Å²) in [6.07, 6.45) is 0. The smallest absolute Gasteiger partial charge is 0.335 e. The fourth-order valence-electron chi connectivity index (χ4n) is 1.34. The number of carboxylic acid groups (broad SMARTS) is 1. The molecule has 0 radical (unpaired) electrons. The van der Waals surface area contributed by atoms with Crippen molar-refractivity contribution < 1.29 is 9.90 Å². The van der Waals surface area contributed by atoms with Crippen molar-refractivity contribution in [1.82, 2.24) is 0 Å². The molecule has 0 aromatic rings. The molecule has 88 valence electrons. The van der Waals surface area contributed by atoms with Gasteiger partial charge in [0.1, 0.15) is 0 Å². The zero-order chi connectivity index (χ0) is 9.26. The number of hydrogen-bond acceptors (Lipinski definition) is 1. The minimum absolute atomic E-state index is 0. The maximum atomic E-state index is 10.6. The van der Waals surface area contributed by atoms with Gasteiger partial charge in [0, 0.05) is 0 Å². The second kappa shape index (κ2) is 7.34. The molecule has 0 unspecified atom stereocenters. The Labute approximate surface area is 112 Å². The van der Waals surface area contributed by atoms with Gasteiger partial charge in [-0.1, -0.05) is 30.3 Å². The Balaban J connectivity index is 0. The van der Waals surface area contributed by atoms with E-state index < -0.39 is 5.97 Å². The highest BCUT2D eigenvalue weighted by Crippen LogP contribution is 2.24. The number of rotatable bonds is 1. The largest absolute Gasteiger partial charge is 0.478 e. The van der Waals surface area contributed by atoms with Crippen LogP contribution in [0.15, 0.2) is 42.5 Å². The molecule has 0 aliphatic heterocycles. The molecule has 0 aromatic heterocycles. The maximum Gasteiger partial charge on any atom is 0.335 e. The van der Waals surface area contributed by atoms with E-state index in [-0.39, 0.29) is 37.2 Å². The van der Waals surface area contributed by atoms with Crippen molar-refractivity contribution in [3.63, 3.8) is 0 Å². The van der Waals surface area contributed by atoms with Gasteiger partial charge in [-0.3, -0.25) is 0 Å². The fraction of sp³-hybridized carbons (Fsp3) is 0. The molecule has 0 fully saturated rings. The van der Waals surface area contributed by atoms with Gasteiger partial charge in [-0.25, -0.2) is 4.79 Å². The molecule has 0 heterocycles. The first-order valence-corrected chi connectivity index (χ1v) is 3.99. The highest BCUT2D eigenvalue weighted by Gasteiger charge is 2.09. The van der Waals surface area contributed by atoms with Crippen LogP contribution in [0.25, 0.3) is 11.1 Å². The molecule has 2 rings (SSSR count). The first-order chi connectivity index (χ1) is 6.27. The molecule has 16 heavy (non-hydrogen) atoms. The van der Waals surface area contributed by atoms with E-state index in [1.165, 1.54) is 0 Å². The lowest BCUT2D eigenvalue weighted by molar-refractivity contribution is 0.0697. The summed E-state index contributed by atoms with van der Waals surface area (Å²) in [6.45, 7) is 0. The molecule has 0 amide bonds. The van der Waals surface area contributed by atoms with Gasteiger partial charge in [0.15, 0.2) is 0 Å². The number of hydrogen-bond donors (Lipinski definition) is 1. The molecule has 2 nitrogen and oxygen atoms in total. The highest BCUT2D eigenvalue weighted by atomic mass is 35.5. The normalized spacial score (nSPS) is 8.25. The molecule has 0 spiro atoms. The van der Waals surface area contributed by atoms with Crippen LogP contribution in [-0.4, -0.2) is 11.1 Å². The van der Waals surface area contributed by atoms with Gasteiger partial charge >= 0.3 is 5.97 Å². The Morgan fingerprint density at radius 1 is 0.875 bits per heavy atom. The van der Waals surface area contributed by atoms with Crippen molar-refractivity contribution in [2.24, 2.45) is 0 Å². The lowest BCUT2D eigenvalue weighted by Gasteiger charge is -1.85. The molecular weight excluding hydrogens is 270 g/mol. The van der Waals surface area contributed by atoms with Gasteiger partial charge in [-0.05, 0) is 23.3 Å². The zero-order valence-corrected chi connectivity index (χ0v) is 10.6. The second-order valence-electron chi connectivity index (χ2n) is 2.87. The van der Waals surface area contributed by atoms with Gasteiger partial charge in [0.05, 0.1) is 5.56 Å². The van der Waals surface area contributed by atoms with E-state index in [9.17, 15) is 4.79 Å². The first kappa shape index (κ1) is 17.4. The van der Waals surface area contributed by atoms with Crippen LogP contribution in [-0.2, 0) is 0 Å². The van der Waals surface area contributed by atoms with Gasteiger partial charge in [-0.2, -0.15) is 0 Å². The molecule has 0 aromatic carbocycles. The van der Waals surface area contributed by atoms with Gasteiger partial charge in [-0.15, -0.1) is 37.2 Å². The molecule has 0 saturated carbocycles. The quantitative estimate of drug-likeness (QED) is 0.864. The summed E-state index contributed by atoms with van der Waals surface area (Å²) in [6, 6.07) is 12.9. The molecule has 0 bridgehead atoms. The lowest BCUT2D eigenvalue weighted by atomic mass is 10.2. The standard InChI is InChI=1S/C11H8O2.3ClH/c12-11(13)10-6-8-4-2-1-3-5-9(8)7-10;;;/h1-7H,(H,12,13);3*1H. The van der Waals surface area contributed by atoms with Crippen molar-refractivity contribution in [3.8, 4) is 11.1 Å². The summed E-state index contributed by atoms with van der Waals surface area (Å²) in [5.74, 6) is -0.876. The van der Waals surface area contributed by atoms with E-state index in [4.69, 9.17) is 5.11 Å². The molecule has 0 saturated heterocycles. The Morgan fingerprint density at radius 2 is 1.31 bits per heavy atom. The minimum Gasteiger partial charge on any atom is -0.478 e. The van der Waals surface area contributed by atoms with Gasteiger partial charge < -0.3 is 5.11 Å². The summed E-state index contributed by atoms with van der Waals surface area (Å²) < 4.78 is 0. The third kappa shape index (κ3) is 3.56. The van der Waals surface area contributed by atoms with Crippen molar-refractivity contribution in [1.29, 1.82) is 0 Å². The average molecular weight is 282 g/mol. The molecule has 2 aliphatic rings. The summed E-state index contributed by atoms with van der Waals surface area (Å²) in [5, 5.41) is 8.75. The van der Waals surface area contributed by atoms with Crippen molar-refractivity contribution >= 4 is 43.2 Å². The van der Waals surface area contributed by atoms with Crippen molar-refractivity contribution in [3.05, 3.63) is 48.0 Å². The summed E-state index contributed by atoms with van der Waals surface area (Å²) in [7, 11) is 0. The van der Waals surface area contributed by atoms with Crippen molar-refractivity contribution in [2.75, 3.05) is 0 Å². The third-order valence-corrected chi connectivity index (χ3v) is 1.98. The summed E-state index contributed by atoms with van der Waals surface area (Å²) in [4.78, 5) is 10.6. The highest BCUT2D eigenvalue weighted by molar-refractivity contribution is 5.92. The molecule has 5 heteroatoms. The Bertz CT molecular complexity index is 401. The van der Waals surface area contributed by atoms with E-state index in [0.717, 1.165) is 11.1 Å². The summed E-state index contributed by atoms with van der Waals surface area (Å²) >= 11 is 0. The van der Waals surface area contributed by atoms with Crippen LogP contribution in [0.5, 0.6) is 0 Å². The van der Waals surface area contributed by atoms with Crippen LogP contribution in [0, 0.1) is 0 Å². The van der Waals surface area contributed by atoms with Crippen molar-refractivity contribution in [2.45, 2.75) is 0 Å². The van der Waals surface area contributed by atoms with Crippen LogP contribution in [0.4, 0.5) is 0 Å². The predicted octanol–water partition coefficient (Wildman–Crippen LogP) is 3.76. The molecular formula is C11H11Cl3O2. The molecule has 2 aliphatic carbocycles. The van der Waals surface area contributed by atoms with Gasteiger partial charge in [0.25, 0.3) is 0 Å². The number of carbonyl (C=O) groups is 1. The van der Waals surface area contributed by atoms with Crippen LogP contribution >= 0.6 is 37.2 Å². The van der Waals surface area contributed by atoms with E-state index in [2.05, 4.69) is 0 Å². The van der Waals surface area contributed by atoms with Crippen LogP contribution in [0.3, 0.4) is 0 Å². The van der Waals surface area contributed by atoms with Crippen LogP contribution < -0.4 is 0 Å². The predicted molar refractivity (Wildman–Crippen MR) is 71.8 cm³/mol. The van der Waals surface area contributed by atoms with Crippen LogP contribution in [0.1, 0.15) is 10.4 Å². The monoisotopic (exact) mass is 280 g/mol. The molecule has 1 N–H and O–H groups in total. The topological polar surface area (TPSA) is 37.3 Å². The van der Waals surface area contributed by atoms with E-state index in [0.29, 0.717) is 5.56 Å². The zero-order valence-electron chi connectivity index (χ0n) is 8.12. The maximum absolute atomic E-state index is 10.6. The first-order valence-electron chi connectivity index (χ1n) is 3.99. The number of fused-ring (bicyclic) bond motifs is 1. The fourth-order valence-corrected chi connectivity index (χ4v) is 1.34. The van der Waals surface area contributed by atoms with E-state index in [1.807, 2.05) is 30.3 Å². The third-order valence-electron chi connectivity index (χ3n) is 1.98. The Morgan fingerprint density at radius 3 is 1.69 bits per heavy atom. The Hall–Kier alpha value is -0.960. The number of aromatic carboxylic acids is 1. The minimum atomic E-state index is -0.876. The average Bonchev–Trinajstić information content (AvgIpc) is 2.38. The van der Waals surface area contributed by atoms with E-state index in [1.54, 1.807) is 12.1 Å². The van der Waals surface area contributed by atoms with E-state index >= 15 is 0 Å². The lowest BCUT2D eigenvalue weighted by Crippen LogP contribution is -1.91. The van der Waals surface area contributed by atoms with Gasteiger partial charge in [0.2, 0.25) is 0 Å². The van der Waals surface area contributed by atoms with Crippen LogP contribution in [0.2, 0.25) is 0 Å². The second-order valence-corrected chi connectivity index (χ2v) is 2.87.